The second-order valence-electron chi connectivity index (χ2n) is 6.92. The van der Waals surface area contributed by atoms with E-state index in [0.717, 1.165) is 24.3 Å². The molecule has 1 fully saturated rings. The summed E-state index contributed by atoms with van der Waals surface area (Å²) in [6.45, 7) is 0.802. The zero-order valence-electron chi connectivity index (χ0n) is 15.8. The van der Waals surface area contributed by atoms with E-state index in [2.05, 4.69) is 4.98 Å². The molecule has 0 atom stereocenters. The normalized spacial score (nSPS) is 16.4. The van der Waals surface area contributed by atoms with E-state index in [1.807, 2.05) is 0 Å². The fourth-order valence-electron chi connectivity index (χ4n) is 3.13. The lowest BCUT2D eigenvalue weighted by molar-refractivity contribution is -0.137. The Kier molecular flexibility index (Phi) is 6.32. The minimum absolute atomic E-state index is 0.0879. The summed E-state index contributed by atoms with van der Waals surface area (Å²) in [5.74, 6) is -0.130. The topological polar surface area (TPSA) is 103 Å². The molecule has 1 aliphatic heterocycles. The highest BCUT2D eigenvalue weighted by Crippen LogP contribution is 2.31. The van der Waals surface area contributed by atoms with E-state index in [0.29, 0.717) is 25.2 Å². The Bertz CT molecular complexity index is 1000. The monoisotopic (exact) mass is 443 g/mol. The number of hydrogen-bond donors (Lipinski definition) is 1. The molecule has 2 aromatic rings. The molecule has 0 aliphatic carbocycles. The van der Waals surface area contributed by atoms with Crippen LogP contribution in [0.3, 0.4) is 0 Å². The van der Waals surface area contributed by atoms with Gasteiger partial charge in [0.05, 0.1) is 17.1 Å². The van der Waals surface area contributed by atoms with Crippen molar-refractivity contribution in [2.24, 2.45) is 11.7 Å². The SMILES string of the molecule is NC(=O)c1cc(OCC2CCN(S(=O)(=O)c3ccc(C(F)(F)F)cc3)CC2)ccn1. The first-order chi connectivity index (χ1) is 14.1. The average molecular weight is 443 g/mol. The van der Waals surface area contributed by atoms with Crippen molar-refractivity contribution in [3.05, 3.63) is 53.9 Å². The maximum atomic E-state index is 12.7. The predicted molar refractivity (Wildman–Crippen MR) is 101 cm³/mol. The van der Waals surface area contributed by atoms with Gasteiger partial charge < -0.3 is 10.5 Å². The molecule has 3 rings (SSSR count). The Labute approximate surface area is 171 Å². The van der Waals surface area contributed by atoms with Gasteiger partial charge in [-0.3, -0.25) is 9.78 Å². The number of nitrogens with zero attached hydrogens (tertiary/aromatic N) is 2. The molecule has 1 aliphatic rings. The van der Waals surface area contributed by atoms with Crippen molar-refractivity contribution in [2.75, 3.05) is 19.7 Å². The molecule has 1 aromatic carbocycles. The third-order valence-electron chi connectivity index (χ3n) is 4.86. The third-order valence-corrected chi connectivity index (χ3v) is 6.78. The predicted octanol–water partition coefficient (Wildman–Crippen LogP) is 2.68. The van der Waals surface area contributed by atoms with Crippen LogP contribution in [0, 0.1) is 5.92 Å². The number of carbonyl (C=O) groups excluding carboxylic acids is 1. The van der Waals surface area contributed by atoms with Crippen LogP contribution in [0.15, 0.2) is 47.5 Å². The number of primary amides is 1. The molecule has 2 heterocycles. The Balaban J connectivity index is 1.57. The molecule has 1 amide bonds. The standard InChI is InChI=1S/C19H20F3N3O4S/c20-19(21,22)14-1-3-16(4-2-14)30(27,28)25-9-6-13(7-10-25)12-29-15-5-8-24-17(11-15)18(23)26/h1-5,8,11,13H,6-7,9-10,12H2,(H2,23,26). The summed E-state index contributed by atoms with van der Waals surface area (Å²) in [6, 6.07) is 6.52. The van der Waals surface area contributed by atoms with Crippen LogP contribution in [0.5, 0.6) is 5.75 Å². The molecule has 0 spiro atoms. The molecule has 7 nitrogen and oxygen atoms in total. The number of pyridine rings is 1. The van der Waals surface area contributed by atoms with Crippen molar-refractivity contribution < 1.29 is 31.1 Å². The molecule has 1 saturated heterocycles. The molecular weight excluding hydrogens is 423 g/mol. The van der Waals surface area contributed by atoms with Gasteiger partial charge in [0.25, 0.3) is 5.91 Å². The smallest absolute Gasteiger partial charge is 0.416 e. The van der Waals surface area contributed by atoms with Gasteiger partial charge in [0, 0.05) is 25.4 Å². The van der Waals surface area contributed by atoms with Crippen LogP contribution in [-0.4, -0.2) is 43.3 Å². The minimum Gasteiger partial charge on any atom is -0.493 e. The van der Waals surface area contributed by atoms with Gasteiger partial charge in [-0.15, -0.1) is 0 Å². The Morgan fingerprint density at radius 2 is 1.80 bits per heavy atom. The van der Waals surface area contributed by atoms with E-state index >= 15 is 0 Å². The lowest BCUT2D eigenvalue weighted by Crippen LogP contribution is -2.39. The van der Waals surface area contributed by atoms with Crippen molar-refractivity contribution in [1.29, 1.82) is 0 Å². The van der Waals surface area contributed by atoms with Crippen molar-refractivity contribution in [2.45, 2.75) is 23.9 Å². The second kappa shape index (κ2) is 8.60. The fourth-order valence-corrected chi connectivity index (χ4v) is 4.60. The number of aromatic nitrogens is 1. The minimum atomic E-state index is -4.52. The van der Waals surface area contributed by atoms with Crippen LogP contribution in [0.4, 0.5) is 13.2 Å². The second-order valence-corrected chi connectivity index (χ2v) is 8.86. The zero-order valence-corrected chi connectivity index (χ0v) is 16.6. The highest BCUT2D eigenvalue weighted by atomic mass is 32.2. The van der Waals surface area contributed by atoms with E-state index < -0.39 is 27.7 Å². The molecule has 0 radical (unpaired) electrons. The molecule has 162 valence electrons. The van der Waals surface area contributed by atoms with E-state index in [1.54, 1.807) is 6.07 Å². The van der Waals surface area contributed by atoms with Crippen LogP contribution in [0.2, 0.25) is 0 Å². The van der Waals surface area contributed by atoms with Gasteiger partial charge in [-0.25, -0.2) is 8.42 Å². The summed E-state index contributed by atoms with van der Waals surface area (Å²) in [5.41, 5.74) is 4.37. The van der Waals surface area contributed by atoms with Crippen LogP contribution >= 0.6 is 0 Å². The highest BCUT2D eigenvalue weighted by molar-refractivity contribution is 7.89. The van der Waals surface area contributed by atoms with Crippen molar-refractivity contribution in [3.63, 3.8) is 0 Å². The Morgan fingerprint density at radius 3 is 2.37 bits per heavy atom. The Hall–Kier alpha value is -2.66. The summed E-state index contributed by atoms with van der Waals surface area (Å²) in [7, 11) is -3.86. The van der Waals surface area contributed by atoms with Gasteiger partial charge in [-0.05, 0) is 49.1 Å². The molecule has 0 unspecified atom stereocenters. The quantitative estimate of drug-likeness (QED) is 0.740. The number of hydrogen-bond acceptors (Lipinski definition) is 5. The first-order valence-electron chi connectivity index (χ1n) is 9.13. The summed E-state index contributed by atoms with van der Waals surface area (Å²) < 4.78 is 70.3. The molecule has 11 heteroatoms. The lowest BCUT2D eigenvalue weighted by atomic mass is 9.99. The molecule has 0 bridgehead atoms. The largest absolute Gasteiger partial charge is 0.493 e. The maximum Gasteiger partial charge on any atom is 0.416 e. The van der Waals surface area contributed by atoms with Gasteiger partial charge in [0.2, 0.25) is 10.0 Å². The van der Waals surface area contributed by atoms with E-state index in [-0.39, 0.29) is 29.6 Å². The van der Waals surface area contributed by atoms with E-state index in [9.17, 15) is 26.4 Å². The lowest BCUT2D eigenvalue weighted by Gasteiger charge is -2.31. The van der Waals surface area contributed by atoms with Gasteiger partial charge in [0.15, 0.2) is 0 Å². The number of halogens is 3. The molecular formula is C19H20F3N3O4S. The number of sulfonamides is 1. The van der Waals surface area contributed by atoms with Crippen LogP contribution in [-0.2, 0) is 16.2 Å². The number of rotatable bonds is 6. The Morgan fingerprint density at radius 1 is 1.17 bits per heavy atom. The van der Waals surface area contributed by atoms with Gasteiger partial charge in [-0.2, -0.15) is 17.5 Å². The van der Waals surface area contributed by atoms with E-state index in [1.165, 1.54) is 16.6 Å². The fraction of sp³-hybridized carbons (Fsp3) is 0.368. The molecule has 30 heavy (non-hydrogen) atoms. The van der Waals surface area contributed by atoms with Gasteiger partial charge >= 0.3 is 6.18 Å². The summed E-state index contributed by atoms with van der Waals surface area (Å²) in [6.07, 6.45) is -2.04. The molecule has 1 aromatic heterocycles. The number of amides is 1. The van der Waals surface area contributed by atoms with Crippen molar-refractivity contribution >= 4 is 15.9 Å². The number of carbonyl (C=O) groups is 1. The number of benzene rings is 1. The van der Waals surface area contributed by atoms with E-state index in [4.69, 9.17) is 10.5 Å². The molecule has 2 N–H and O–H groups in total. The summed E-state index contributed by atoms with van der Waals surface area (Å²) in [5, 5.41) is 0. The number of piperidine rings is 1. The van der Waals surface area contributed by atoms with Crippen molar-refractivity contribution in [1.82, 2.24) is 9.29 Å². The van der Waals surface area contributed by atoms with Crippen LogP contribution in [0.25, 0.3) is 0 Å². The molecule has 0 saturated carbocycles. The number of ether oxygens (including phenoxy) is 1. The number of nitrogens with two attached hydrogens (primary N) is 1. The maximum absolute atomic E-state index is 12.7. The first kappa shape index (κ1) is 22.0. The zero-order chi connectivity index (χ0) is 21.9. The first-order valence-corrected chi connectivity index (χ1v) is 10.6. The van der Waals surface area contributed by atoms with Crippen LogP contribution < -0.4 is 10.5 Å². The highest BCUT2D eigenvalue weighted by Gasteiger charge is 2.33. The van der Waals surface area contributed by atoms with Crippen molar-refractivity contribution in [3.8, 4) is 5.75 Å². The van der Waals surface area contributed by atoms with Gasteiger partial charge in [0.1, 0.15) is 11.4 Å². The average Bonchev–Trinajstić information content (AvgIpc) is 2.72. The third kappa shape index (κ3) is 5.08. The van der Waals surface area contributed by atoms with Gasteiger partial charge in [-0.1, -0.05) is 0 Å². The number of alkyl halides is 3. The summed E-state index contributed by atoms with van der Waals surface area (Å²) >= 11 is 0. The summed E-state index contributed by atoms with van der Waals surface area (Å²) in [4.78, 5) is 14.8. The van der Waals surface area contributed by atoms with Crippen LogP contribution in [0.1, 0.15) is 28.9 Å².